The van der Waals surface area contributed by atoms with Crippen molar-refractivity contribution in [2.75, 3.05) is 12.8 Å². The molecule has 4 nitrogen and oxygen atoms in total. The number of rotatable bonds is 2. The number of ether oxygens (including phenoxy) is 1. The third kappa shape index (κ3) is 2.68. The summed E-state index contributed by atoms with van der Waals surface area (Å²) in [6.45, 7) is 0. The molecule has 0 atom stereocenters. The Kier molecular flexibility index (Phi) is 3.49. The minimum Gasteiger partial charge on any atom is -0.496 e. The SMILES string of the molecule is COc1ccc(Br)cc1-c1cc(Cl)nc(N)n1. The van der Waals surface area contributed by atoms with Gasteiger partial charge in [0, 0.05) is 16.1 Å². The van der Waals surface area contributed by atoms with Crippen LogP contribution >= 0.6 is 27.5 Å². The molecule has 1 heterocycles. The number of aromatic nitrogens is 2. The summed E-state index contributed by atoms with van der Waals surface area (Å²) in [4.78, 5) is 7.95. The summed E-state index contributed by atoms with van der Waals surface area (Å²) >= 11 is 9.25. The van der Waals surface area contributed by atoms with E-state index in [1.165, 1.54) is 0 Å². The van der Waals surface area contributed by atoms with Crippen LogP contribution in [0.1, 0.15) is 0 Å². The number of nitrogens with zero attached hydrogens (tertiary/aromatic N) is 2. The summed E-state index contributed by atoms with van der Waals surface area (Å²) in [5.74, 6) is 0.830. The molecule has 0 aliphatic heterocycles. The first-order chi connectivity index (χ1) is 8.10. The van der Waals surface area contributed by atoms with Gasteiger partial charge in [-0.25, -0.2) is 9.97 Å². The quantitative estimate of drug-likeness (QED) is 0.865. The molecule has 17 heavy (non-hydrogen) atoms. The molecule has 0 aliphatic rings. The van der Waals surface area contributed by atoms with Crippen LogP contribution in [-0.2, 0) is 0 Å². The Balaban J connectivity index is 2.62. The zero-order valence-electron chi connectivity index (χ0n) is 8.95. The van der Waals surface area contributed by atoms with Gasteiger partial charge in [-0.2, -0.15) is 0 Å². The van der Waals surface area contributed by atoms with Crippen molar-refractivity contribution in [1.82, 2.24) is 9.97 Å². The van der Waals surface area contributed by atoms with Crippen LogP contribution in [0.2, 0.25) is 5.15 Å². The van der Waals surface area contributed by atoms with Crippen LogP contribution in [-0.4, -0.2) is 17.1 Å². The maximum absolute atomic E-state index is 5.85. The van der Waals surface area contributed by atoms with Crippen molar-refractivity contribution >= 4 is 33.5 Å². The number of anilines is 1. The van der Waals surface area contributed by atoms with Crippen LogP contribution in [0.15, 0.2) is 28.7 Å². The first-order valence-corrected chi connectivity index (χ1v) is 5.91. The highest BCUT2D eigenvalue weighted by Gasteiger charge is 2.10. The van der Waals surface area contributed by atoms with Crippen molar-refractivity contribution in [3.8, 4) is 17.0 Å². The fraction of sp³-hybridized carbons (Fsp3) is 0.0909. The van der Waals surface area contributed by atoms with Gasteiger partial charge in [-0.3, -0.25) is 0 Å². The van der Waals surface area contributed by atoms with E-state index in [0.717, 1.165) is 10.0 Å². The number of hydrogen-bond donors (Lipinski definition) is 1. The number of nitrogen functional groups attached to an aromatic ring is 1. The molecule has 6 heteroatoms. The fourth-order valence-corrected chi connectivity index (χ4v) is 2.00. The second-order valence-corrected chi connectivity index (χ2v) is 4.58. The summed E-state index contributed by atoms with van der Waals surface area (Å²) in [5, 5.41) is 0.300. The molecule has 1 aromatic heterocycles. The molecule has 2 rings (SSSR count). The molecule has 0 amide bonds. The molecule has 0 bridgehead atoms. The van der Waals surface area contributed by atoms with E-state index in [1.807, 2.05) is 18.2 Å². The molecular weight excluding hydrogens is 305 g/mol. The van der Waals surface area contributed by atoms with Crippen molar-refractivity contribution in [2.45, 2.75) is 0 Å². The zero-order valence-corrected chi connectivity index (χ0v) is 11.3. The highest BCUT2D eigenvalue weighted by Crippen LogP contribution is 2.32. The van der Waals surface area contributed by atoms with Crippen molar-refractivity contribution in [1.29, 1.82) is 0 Å². The monoisotopic (exact) mass is 313 g/mol. The highest BCUT2D eigenvalue weighted by atomic mass is 79.9. The van der Waals surface area contributed by atoms with Crippen LogP contribution in [0, 0.1) is 0 Å². The molecular formula is C11H9BrClN3O. The average molecular weight is 315 g/mol. The molecule has 88 valence electrons. The highest BCUT2D eigenvalue weighted by molar-refractivity contribution is 9.10. The molecule has 0 spiro atoms. The standard InChI is InChI=1S/C11H9BrClN3O/c1-17-9-3-2-6(12)4-7(9)8-5-10(13)16-11(14)15-8/h2-5H,1H3,(H2,14,15,16). The first-order valence-electron chi connectivity index (χ1n) is 4.74. The predicted octanol–water partition coefficient (Wildman–Crippen LogP) is 3.15. The summed E-state index contributed by atoms with van der Waals surface area (Å²) < 4.78 is 6.19. The number of halogens is 2. The Hall–Kier alpha value is -1.33. The summed E-state index contributed by atoms with van der Waals surface area (Å²) in [5.41, 5.74) is 7.00. The van der Waals surface area contributed by atoms with E-state index in [-0.39, 0.29) is 5.95 Å². The van der Waals surface area contributed by atoms with Gasteiger partial charge in [-0.1, -0.05) is 27.5 Å². The van der Waals surface area contributed by atoms with E-state index in [1.54, 1.807) is 13.2 Å². The third-order valence-corrected chi connectivity index (χ3v) is 2.84. The van der Waals surface area contributed by atoms with Gasteiger partial charge in [-0.15, -0.1) is 0 Å². The van der Waals surface area contributed by atoms with Gasteiger partial charge >= 0.3 is 0 Å². The van der Waals surface area contributed by atoms with E-state index >= 15 is 0 Å². The Labute approximate surface area is 112 Å². The molecule has 0 unspecified atom stereocenters. The van der Waals surface area contributed by atoms with Crippen LogP contribution in [0.5, 0.6) is 5.75 Å². The van der Waals surface area contributed by atoms with E-state index in [4.69, 9.17) is 22.1 Å². The Morgan fingerprint density at radius 2 is 2.06 bits per heavy atom. The molecule has 0 fully saturated rings. The Bertz CT molecular complexity index is 542. The second kappa shape index (κ2) is 4.89. The Morgan fingerprint density at radius 3 is 2.71 bits per heavy atom. The molecule has 0 saturated carbocycles. The minimum atomic E-state index is 0.134. The van der Waals surface area contributed by atoms with Gasteiger partial charge in [-0.05, 0) is 18.2 Å². The van der Waals surface area contributed by atoms with Crippen molar-refractivity contribution in [3.05, 3.63) is 33.9 Å². The van der Waals surface area contributed by atoms with Gasteiger partial charge in [0.05, 0.1) is 12.8 Å². The third-order valence-electron chi connectivity index (χ3n) is 2.15. The fourth-order valence-electron chi connectivity index (χ4n) is 1.45. The van der Waals surface area contributed by atoms with Crippen molar-refractivity contribution in [3.63, 3.8) is 0 Å². The molecule has 0 radical (unpaired) electrons. The molecule has 2 aromatic rings. The number of hydrogen-bond acceptors (Lipinski definition) is 4. The predicted molar refractivity (Wildman–Crippen MR) is 71.1 cm³/mol. The average Bonchev–Trinajstić information content (AvgIpc) is 2.27. The molecule has 0 aliphatic carbocycles. The summed E-state index contributed by atoms with van der Waals surface area (Å²) in [6, 6.07) is 7.25. The van der Waals surface area contributed by atoms with Gasteiger partial charge in [0.25, 0.3) is 0 Å². The number of methoxy groups -OCH3 is 1. The molecule has 0 saturated heterocycles. The maximum Gasteiger partial charge on any atom is 0.221 e. The first kappa shape index (κ1) is 12.1. The van der Waals surface area contributed by atoms with E-state index in [2.05, 4.69) is 25.9 Å². The van der Waals surface area contributed by atoms with Crippen LogP contribution < -0.4 is 10.5 Å². The topological polar surface area (TPSA) is 61.0 Å². The lowest BCUT2D eigenvalue weighted by Crippen LogP contribution is -1.97. The van der Waals surface area contributed by atoms with Crippen LogP contribution in [0.4, 0.5) is 5.95 Å². The van der Waals surface area contributed by atoms with Gasteiger partial charge in [0.1, 0.15) is 10.9 Å². The lowest BCUT2D eigenvalue weighted by atomic mass is 10.1. The molecule has 1 aromatic carbocycles. The smallest absolute Gasteiger partial charge is 0.221 e. The number of nitrogens with two attached hydrogens (primary N) is 1. The van der Waals surface area contributed by atoms with E-state index in [9.17, 15) is 0 Å². The largest absolute Gasteiger partial charge is 0.496 e. The summed E-state index contributed by atoms with van der Waals surface area (Å²) in [6.07, 6.45) is 0. The van der Waals surface area contributed by atoms with E-state index in [0.29, 0.717) is 16.6 Å². The van der Waals surface area contributed by atoms with Crippen LogP contribution in [0.25, 0.3) is 11.3 Å². The van der Waals surface area contributed by atoms with Gasteiger partial charge in [0.2, 0.25) is 5.95 Å². The maximum atomic E-state index is 5.85. The van der Waals surface area contributed by atoms with Crippen LogP contribution in [0.3, 0.4) is 0 Å². The lowest BCUT2D eigenvalue weighted by Gasteiger charge is -2.09. The summed E-state index contributed by atoms with van der Waals surface area (Å²) in [7, 11) is 1.60. The normalized spacial score (nSPS) is 10.3. The van der Waals surface area contributed by atoms with Gasteiger partial charge in [0.15, 0.2) is 0 Å². The second-order valence-electron chi connectivity index (χ2n) is 3.28. The Morgan fingerprint density at radius 1 is 1.29 bits per heavy atom. The van der Waals surface area contributed by atoms with E-state index < -0.39 is 0 Å². The molecule has 2 N–H and O–H groups in total. The minimum absolute atomic E-state index is 0.134. The zero-order chi connectivity index (χ0) is 12.4. The lowest BCUT2D eigenvalue weighted by molar-refractivity contribution is 0.416. The van der Waals surface area contributed by atoms with Crippen molar-refractivity contribution < 1.29 is 4.74 Å². The van der Waals surface area contributed by atoms with Crippen molar-refractivity contribution in [2.24, 2.45) is 0 Å². The van der Waals surface area contributed by atoms with Gasteiger partial charge < -0.3 is 10.5 Å². The number of benzene rings is 1.